The van der Waals surface area contributed by atoms with Crippen LogP contribution in [-0.4, -0.2) is 23.6 Å². The minimum atomic E-state index is 0.991. The van der Waals surface area contributed by atoms with Crippen LogP contribution >= 0.6 is 0 Å². The van der Waals surface area contributed by atoms with Crippen LogP contribution in [0.4, 0.5) is 0 Å². The number of aryl methyl sites for hydroxylation is 2. The molecule has 1 aromatic carbocycles. The summed E-state index contributed by atoms with van der Waals surface area (Å²) in [6, 6.07) is 4.36. The first kappa shape index (κ1) is 13.8. The molecule has 3 nitrogen and oxygen atoms in total. The predicted octanol–water partition coefficient (Wildman–Crippen LogP) is 3.15. The number of H-pyrrole nitrogens is 1. The molecule has 0 saturated carbocycles. The van der Waals surface area contributed by atoms with Crippen molar-refractivity contribution in [1.29, 1.82) is 0 Å². The molecule has 0 aliphatic heterocycles. The number of hydrogen-bond acceptors (Lipinski definition) is 2. The van der Waals surface area contributed by atoms with Crippen LogP contribution < -0.4 is 5.32 Å². The van der Waals surface area contributed by atoms with Crippen LogP contribution in [0.2, 0.25) is 0 Å². The highest BCUT2D eigenvalue weighted by Crippen LogP contribution is 2.26. The Bertz CT molecular complexity index is 555. The minimum Gasteiger partial charge on any atom is -0.342 e. The molecule has 0 saturated heterocycles. The molecule has 3 heteroatoms. The Labute approximate surface area is 115 Å². The van der Waals surface area contributed by atoms with E-state index in [4.69, 9.17) is 0 Å². The fourth-order valence-electron chi connectivity index (χ4n) is 2.31. The van der Waals surface area contributed by atoms with Crippen molar-refractivity contribution in [3.8, 4) is 11.3 Å². The second kappa shape index (κ2) is 6.02. The fraction of sp³-hybridized carbons (Fsp3) is 0.438. The van der Waals surface area contributed by atoms with E-state index in [1.54, 1.807) is 0 Å². The average molecular weight is 257 g/mol. The van der Waals surface area contributed by atoms with Gasteiger partial charge in [-0.2, -0.15) is 0 Å². The molecule has 2 rings (SSSR count). The van der Waals surface area contributed by atoms with Crippen LogP contribution in [0.3, 0.4) is 0 Å². The Balaban J connectivity index is 2.21. The summed E-state index contributed by atoms with van der Waals surface area (Å²) in [5.74, 6) is 1.07. The summed E-state index contributed by atoms with van der Waals surface area (Å²) in [5, 5.41) is 3.16. The number of aromatic amines is 1. The van der Waals surface area contributed by atoms with E-state index >= 15 is 0 Å². The van der Waals surface area contributed by atoms with E-state index in [2.05, 4.69) is 48.2 Å². The summed E-state index contributed by atoms with van der Waals surface area (Å²) >= 11 is 0. The first-order valence-corrected chi connectivity index (χ1v) is 6.89. The summed E-state index contributed by atoms with van der Waals surface area (Å²) in [6.07, 6.45) is 4.05. The number of aromatic nitrogens is 2. The molecule has 0 atom stereocenters. The van der Waals surface area contributed by atoms with E-state index in [1.807, 2.05) is 13.2 Å². The second-order valence-corrected chi connectivity index (χ2v) is 5.13. The van der Waals surface area contributed by atoms with Crippen LogP contribution in [0.1, 0.15) is 28.9 Å². The lowest BCUT2D eigenvalue weighted by molar-refractivity contribution is 0.707. The lowest BCUT2D eigenvalue weighted by atomic mass is 9.97. The third-order valence-corrected chi connectivity index (χ3v) is 3.82. The van der Waals surface area contributed by atoms with Gasteiger partial charge in [-0.05, 0) is 57.5 Å². The van der Waals surface area contributed by atoms with Crippen LogP contribution in [0.5, 0.6) is 0 Å². The summed E-state index contributed by atoms with van der Waals surface area (Å²) in [6.45, 7) is 7.54. The Kier molecular flexibility index (Phi) is 4.38. The first-order chi connectivity index (χ1) is 9.13. The van der Waals surface area contributed by atoms with Gasteiger partial charge in [0.25, 0.3) is 0 Å². The van der Waals surface area contributed by atoms with E-state index in [0.29, 0.717) is 0 Å². The van der Waals surface area contributed by atoms with Gasteiger partial charge >= 0.3 is 0 Å². The summed E-state index contributed by atoms with van der Waals surface area (Å²) < 4.78 is 0. The van der Waals surface area contributed by atoms with Gasteiger partial charge in [0, 0.05) is 12.0 Å². The quantitative estimate of drug-likeness (QED) is 0.808. The molecule has 1 aromatic heterocycles. The van der Waals surface area contributed by atoms with Gasteiger partial charge < -0.3 is 10.3 Å². The van der Waals surface area contributed by atoms with Crippen molar-refractivity contribution < 1.29 is 0 Å². The monoisotopic (exact) mass is 257 g/mol. The van der Waals surface area contributed by atoms with Gasteiger partial charge in [-0.1, -0.05) is 12.1 Å². The normalized spacial score (nSPS) is 10.9. The molecule has 0 aliphatic carbocycles. The first-order valence-electron chi connectivity index (χ1n) is 6.89. The molecular formula is C16H23N3. The van der Waals surface area contributed by atoms with E-state index in [0.717, 1.165) is 30.9 Å². The van der Waals surface area contributed by atoms with Gasteiger partial charge in [0.05, 0.1) is 11.9 Å². The van der Waals surface area contributed by atoms with E-state index < -0.39 is 0 Å². The Morgan fingerprint density at radius 3 is 2.68 bits per heavy atom. The summed E-state index contributed by atoms with van der Waals surface area (Å²) in [4.78, 5) is 7.91. The molecule has 19 heavy (non-hydrogen) atoms. The number of benzene rings is 1. The Morgan fingerprint density at radius 1 is 1.16 bits per heavy atom. The lowest BCUT2D eigenvalue weighted by Crippen LogP contribution is -2.08. The van der Waals surface area contributed by atoms with Crippen molar-refractivity contribution in [3.63, 3.8) is 0 Å². The van der Waals surface area contributed by atoms with Crippen LogP contribution in [0, 0.1) is 20.8 Å². The minimum absolute atomic E-state index is 0.991. The predicted molar refractivity (Wildman–Crippen MR) is 80.5 cm³/mol. The molecule has 0 amide bonds. The highest BCUT2D eigenvalue weighted by molar-refractivity contribution is 5.65. The van der Waals surface area contributed by atoms with Gasteiger partial charge in [-0.25, -0.2) is 4.98 Å². The molecular weight excluding hydrogens is 234 g/mol. The SMILES string of the molecule is CNCCCc1ncc(-c2ccc(C)c(C)c2C)[nH]1. The van der Waals surface area contributed by atoms with Gasteiger partial charge in [0.2, 0.25) is 0 Å². The number of nitrogens with one attached hydrogen (secondary N) is 2. The molecule has 0 spiro atoms. The topological polar surface area (TPSA) is 40.7 Å². The standard InChI is InChI=1S/C16H23N3/c1-11-7-8-14(13(3)12(11)2)15-10-18-16(19-15)6-5-9-17-4/h7-8,10,17H,5-6,9H2,1-4H3,(H,18,19). The van der Waals surface area contributed by atoms with Gasteiger partial charge in [-0.15, -0.1) is 0 Å². The molecule has 102 valence electrons. The molecule has 0 radical (unpaired) electrons. The van der Waals surface area contributed by atoms with Gasteiger partial charge in [0.1, 0.15) is 5.82 Å². The number of rotatable bonds is 5. The van der Waals surface area contributed by atoms with Crippen LogP contribution in [-0.2, 0) is 6.42 Å². The maximum Gasteiger partial charge on any atom is 0.106 e. The second-order valence-electron chi connectivity index (χ2n) is 5.13. The average Bonchev–Trinajstić information content (AvgIpc) is 2.85. The summed E-state index contributed by atoms with van der Waals surface area (Å²) in [7, 11) is 1.98. The highest BCUT2D eigenvalue weighted by Gasteiger charge is 2.08. The zero-order valence-electron chi connectivity index (χ0n) is 12.3. The van der Waals surface area contributed by atoms with E-state index in [-0.39, 0.29) is 0 Å². The zero-order chi connectivity index (χ0) is 13.8. The van der Waals surface area contributed by atoms with E-state index in [1.165, 1.54) is 22.3 Å². The zero-order valence-corrected chi connectivity index (χ0v) is 12.3. The number of imidazole rings is 1. The lowest BCUT2D eigenvalue weighted by Gasteiger charge is -2.09. The number of nitrogens with zero attached hydrogens (tertiary/aromatic N) is 1. The van der Waals surface area contributed by atoms with Crippen molar-refractivity contribution in [3.05, 3.63) is 40.8 Å². The van der Waals surface area contributed by atoms with Crippen LogP contribution in [0.15, 0.2) is 18.3 Å². The summed E-state index contributed by atoms with van der Waals surface area (Å²) in [5.41, 5.74) is 6.43. The molecule has 2 N–H and O–H groups in total. The molecule has 2 aromatic rings. The maximum atomic E-state index is 4.47. The molecule has 0 bridgehead atoms. The fourth-order valence-corrected chi connectivity index (χ4v) is 2.31. The number of hydrogen-bond donors (Lipinski definition) is 2. The highest BCUT2D eigenvalue weighted by atomic mass is 14.9. The van der Waals surface area contributed by atoms with Crippen molar-refractivity contribution in [1.82, 2.24) is 15.3 Å². The van der Waals surface area contributed by atoms with Crippen molar-refractivity contribution in [2.24, 2.45) is 0 Å². The molecule has 1 heterocycles. The smallest absolute Gasteiger partial charge is 0.106 e. The molecule has 0 unspecified atom stereocenters. The van der Waals surface area contributed by atoms with Crippen molar-refractivity contribution >= 4 is 0 Å². The van der Waals surface area contributed by atoms with Crippen molar-refractivity contribution in [2.45, 2.75) is 33.6 Å². The third-order valence-electron chi connectivity index (χ3n) is 3.82. The maximum absolute atomic E-state index is 4.47. The molecule has 0 aliphatic rings. The van der Waals surface area contributed by atoms with Gasteiger partial charge in [0.15, 0.2) is 0 Å². The molecule has 0 fully saturated rings. The van der Waals surface area contributed by atoms with Crippen molar-refractivity contribution in [2.75, 3.05) is 13.6 Å². The largest absolute Gasteiger partial charge is 0.342 e. The Hall–Kier alpha value is -1.61. The van der Waals surface area contributed by atoms with Crippen LogP contribution in [0.25, 0.3) is 11.3 Å². The van der Waals surface area contributed by atoms with E-state index in [9.17, 15) is 0 Å². The Morgan fingerprint density at radius 2 is 1.95 bits per heavy atom. The third kappa shape index (κ3) is 3.04. The van der Waals surface area contributed by atoms with Gasteiger partial charge in [-0.3, -0.25) is 0 Å².